The molecule has 0 saturated carbocycles. The molecule has 0 saturated heterocycles. The highest BCUT2D eigenvalue weighted by atomic mass is 79.9. The molecule has 0 heterocycles. The van der Waals surface area contributed by atoms with E-state index in [1.807, 2.05) is 26.0 Å². The lowest BCUT2D eigenvalue weighted by Crippen LogP contribution is -2.49. The number of amides is 2. The van der Waals surface area contributed by atoms with Crippen LogP contribution in [0.4, 0.5) is 0 Å². The van der Waals surface area contributed by atoms with Crippen LogP contribution in [0, 0.1) is 6.92 Å². The average Bonchev–Trinajstić information content (AvgIpc) is 2.70. The van der Waals surface area contributed by atoms with E-state index in [2.05, 4.69) is 21.2 Å². The monoisotopic (exact) mass is 500 g/mol. The molecule has 5 nitrogen and oxygen atoms in total. The van der Waals surface area contributed by atoms with Crippen LogP contribution < -0.4 is 10.1 Å². The Hall–Kier alpha value is -1.76. The van der Waals surface area contributed by atoms with Crippen molar-refractivity contribution in [1.29, 1.82) is 0 Å². The van der Waals surface area contributed by atoms with Crippen molar-refractivity contribution in [1.82, 2.24) is 10.2 Å². The number of hydrogen-bond donors (Lipinski definition) is 1. The van der Waals surface area contributed by atoms with Gasteiger partial charge >= 0.3 is 0 Å². The minimum Gasteiger partial charge on any atom is -0.484 e. The van der Waals surface area contributed by atoms with Gasteiger partial charge in [0, 0.05) is 18.1 Å². The van der Waals surface area contributed by atoms with Gasteiger partial charge in [-0.15, -0.1) is 0 Å². The predicted molar refractivity (Wildman–Crippen MR) is 120 cm³/mol. The summed E-state index contributed by atoms with van der Waals surface area (Å²) in [7, 11) is 1.55. The summed E-state index contributed by atoms with van der Waals surface area (Å²) >= 11 is 15.5. The van der Waals surface area contributed by atoms with E-state index in [1.54, 1.807) is 31.3 Å². The summed E-state index contributed by atoms with van der Waals surface area (Å²) in [6.07, 6.45) is 0.462. The fraction of sp³-hybridized carbons (Fsp3) is 0.333. The van der Waals surface area contributed by atoms with Crippen molar-refractivity contribution in [2.24, 2.45) is 0 Å². The normalized spacial score (nSPS) is 11.7. The number of rotatable bonds is 8. The second-order valence-corrected chi connectivity index (χ2v) is 8.18. The van der Waals surface area contributed by atoms with E-state index < -0.39 is 6.04 Å². The Morgan fingerprint density at radius 2 is 1.90 bits per heavy atom. The average molecular weight is 502 g/mol. The van der Waals surface area contributed by atoms with Crippen LogP contribution in [-0.4, -0.2) is 36.4 Å². The van der Waals surface area contributed by atoms with E-state index in [-0.39, 0.29) is 25.0 Å². The van der Waals surface area contributed by atoms with Crippen molar-refractivity contribution < 1.29 is 14.3 Å². The van der Waals surface area contributed by atoms with Gasteiger partial charge in [0.25, 0.3) is 5.91 Å². The molecule has 0 radical (unpaired) electrons. The molecule has 2 rings (SSSR count). The summed E-state index contributed by atoms with van der Waals surface area (Å²) < 4.78 is 6.64. The minimum atomic E-state index is -0.628. The topological polar surface area (TPSA) is 58.6 Å². The number of halogens is 3. The molecule has 0 aliphatic carbocycles. The molecule has 29 heavy (non-hydrogen) atoms. The molecule has 0 aliphatic heterocycles. The molecule has 0 fully saturated rings. The Kier molecular flexibility index (Phi) is 8.80. The standard InChI is InChI=1S/C21H23BrCl2N2O3/c1-4-19(21(28)25-3)26(11-14-5-8-17(23)18(24)10-14)20(27)12-29-15-6-7-16(22)13(2)9-15/h5-10,19H,4,11-12H2,1-3H3,(H,25,28). The zero-order valence-electron chi connectivity index (χ0n) is 16.5. The van der Waals surface area contributed by atoms with Crippen LogP contribution in [0.15, 0.2) is 40.9 Å². The second-order valence-electron chi connectivity index (χ2n) is 6.51. The predicted octanol–water partition coefficient (Wildman–Crippen LogP) is 5.00. The van der Waals surface area contributed by atoms with Crippen LogP contribution in [0.1, 0.15) is 24.5 Å². The highest BCUT2D eigenvalue weighted by molar-refractivity contribution is 9.10. The number of benzene rings is 2. The molecule has 0 aliphatic rings. The molecule has 2 aromatic rings. The molecule has 2 amide bonds. The van der Waals surface area contributed by atoms with Crippen molar-refractivity contribution in [2.75, 3.05) is 13.7 Å². The molecule has 2 aromatic carbocycles. The first kappa shape index (κ1) is 23.5. The Morgan fingerprint density at radius 1 is 1.17 bits per heavy atom. The van der Waals surface area contributed by atoms with Crippen LogP contribution >= 0.6 is 39.1 Å². The molecule has 8 heteroatoms. The van der Waals surface area contributed by atoms with Crippen molar-refractivity contribution in [3.05, 3.63) is 62.0 Å². The highest BCUT2D eigenvalue weighted by Gasteiger charge is 2.28. The zero-order chi connectivity index (χ0) is 21.6. The fourth-order valence-corrected chi connectivity index (χ4v) is 3.42. The number of nitrogens with zero attached hydrogens (tertiary/aromatic N) is 1. The van der Waals surface area contributed by atoms with Gasteiger partial charge in [0.05, 0.1) is 10.0 Å². The molecule has 0 bridgehead atoms. The van der Waals surface area contributed by atoms with Crippen LogP contribution in [0.25, 0.3) is 0 Å². The second kappa shape index (κ2) is 10.9. The maximum absolute atomic E-state index is 13.0. The van der Waals surface area contributed by atoms with Gasteiger partial charge in [0.1, 0.15) is 11.8 Å². The maximum Gasteiger partial charge on any atom is 0.261 e. The first-order valence-electron chi connectivity index (χ1n) is 9.10. The summed E-state index contributed by atoms with van der Waals surface area (Å²) in [5.74, 6) is 0.0500. The van der Waals surface area contributed by atoms with E-state index in [0.717, 1.165) is 15.6 Å². The number of nitrogens with one attached hydrogen (secondary N) is 1. The maximum atomic E-state index is 13.0. The van der Waals surface area contributed by atoms with Gasteiger partial charge in [-0.25, -0.2) is 0 Å². The zero-order valence-corrected chi connectivity index (χ0v) is 19.6. The third-order valence-corrected chi connectivity index (χ3v) is 6.09. The van der Waals surface area contributed by atoms with Crippen molar-refractivity contribution >= 4 is 50.9 Å². The minimum absolute atomic E-state index is 0.185. The third-order valence-electron chi connectivity index (χ3n) is 4.46. The molecule has 156 valence electrons. The molecule has 1 unspecified atom stereocenters. The van der Waals surface area contributed by atoms with Crippen LogP contribution in [-0.2, 0) is 16.1 Å². The summed E-state index contributed by atoms with van der Waals surface area (Å²) in [5.41, 5.74) is 1.77. The first-order chi connectivity index (χ1) is 13.8. The number of aryl methyl sites for hydroxylation is 1. The quantitative estimate of drug-likeness (QED) is 0.553. The molecule has 1 N–H and O–H groups in total. The lowest BCUT2D eigenvalue weighted by atomic mass is 10.1. The largest absolute Gasteiger partial charge is 0.484 e. The third kappa shape index (κ3) is 6.36. The number of carbonyl (C=O) groups excluding carboxylic acids is 2. The molecule has 0 aromatic heterocycles. The van der Waals surface area contributed by atoms with Crippen LogP contribution in [0.3, 0.4) is 0 Å². The van der Waals surface area contributed by atoms with E-state index >= 15 is 0 Å². The van der Waals surface area contributed by atoms with Gasteiger partial charge in [-0.1, -0.05) is 52.1 Å². The summed E-state index contributed by atoms with van der Waals surface area (Å²) in [6.45, 7) is 3.82. The van der Waals surface area contributed by atoms with Gasteiger partial charge in [-0.2, -0.15) is 0 Å². The van der Waals surface area contributed by atoms with E-state index in [4.69, 9.17) is 27.9 Å². The number of ether oxygens (including phenoxy) is 1. The molecular weight excluding hydrogens is 479 g/mol. The fourth-order valence-electron chi connectivity index (χ4n) is 2.86. The summed E-state index contributed by atoms with van der Waals surface area (Å²) in [6, 6.07) is 10.0. The van der Waals surface area contributed by atoms with Gasteiger partial charge in [-0.3, -0.25) is 9.59 Å². The van der Waals surface area contributed by atoms with Crippen LogP contribution in [0.2, 0.25) is 10.0 Å². The Labute approximate surface area is 189 Å². The summed E-state index contributed by atoms with van der Waals surface area (Å²) in [5, 5.41) is 3.44. The van der Waals surface area contributed by atoms with E-state index in [9.17, 15) is 9.59 Å². The lowest BCUT2D eigenvalue weighted by molar-refractivity contribution is -0.142. The van der Waals surface area contributed by atoms with Gasteiger partial charge < -0.3 is 15.0 Å². The van der Waals surface area contributed by atoms with Crippen molar-refractivity contribution in [2.45, 2.75) is 32.9 Å². The number of likely N-dealkylation sites (N-methyl/N-ethyl adjacent to an activating group) is 1. The van der Waals surface area contributed by atoms with Gasteiger partial charge in [0.2, 0.25) is 5.91 Å². The van der Waals surface area contributed by atoms with Gasteiger partial charge in [0.15, 0.2) is 6.61 Å². The SMILES string of the molecule is CCC(C(=O)NC)N(Cc1ccc(Cl)c(Cl)c1)C(=O)COc1ccc(Br)c(C)c1. The molecular formula is C21H23BrCl2N2O3. The van der Waals surface area contributed by atoms with Crippen LogP contribution in [0.5, 0.6) is 5.75 Å². The number of hydrogen-bond acceptors (Lipinski definition) is 3. The first-order valence-corrected chi connectivity index (χ1v) is 10.7. The Bertz CT molecular complexity index is 892. The van der Waals surface area contributed by atoms with E-state index in [0.29, 0.717) is 22.2 Å². The molecule has 1 atom stereocenters. The van der Waals surface area contributed by atoms with Crippen molar-refractivity contribution in [3.63, 3.8) is 0 Å². The van der Waals surface area contributed by atoms with Crippen molar-refractivity contribution in [3.8, 4) is 5.75 Å². The number of carbonyl (C=O) groups is 2. The summed E-state index contributed by atoms with van der Waals surface area (Å²) in [4.78, 5) is 26.9. The highest BCUT2D eigenvalue weighted by Crippen LogP contribution is 2.25. The van der Waals surface area contributed by atoms with Gasteiger partial charge in [-0.05, 0) is 54.8 Å². The Morgan fingerprint density at radius 3 is 2.48 bits per heavy atom. The molecule has 0 spiro atoms. The lowest BCUT2D eigenvalue weighted by Gasteiger charge is -2.30. The van der Waals surface area contributed by atoms with E-state index in [1.165, 1.54) is 4.90 Å². The Balaban J connectivity index is 2.22. The smallest absolute Gasteiger partial charge is 0.261 e.